The molecular weight excluding hydrogens is 419 g/mol. The molecule has 0 atom stereocenters. The molecule has 0 aliphatic carbocycles. The Kier molecular flexibility index (Phi) is 4.78. The Morgan fingerprint density at radius 2 is 2.16 bits per heavy atom. The van der Waals surface area contributed by atoms with E-state index in [0.29, 0.717) is 9.39 Å². The average molecular weight is 433 g/mol. The van der Waals surface area contributed by atoms with Gasteiger partial charge in [-0.1, -0.05) is 41.4 Å². The summed E-state index contributed by atoms with van der Waals surface area (Å²) in [6.45, 7) is 4.11. The zero-order valence-corrected chi connectivity index (χ0v) is 14.5. The summed E-state index contributed by atoms with van der Waals surface area (Å²) >= 11 is 5.57. The van der Waals surface area contributed by atoms with Crippen LogP contribution >= 0.6 is 38.5 Å². The first kappa shape index (κ1) is 14.7. The van der Waals surface area contributed by atoms with Crippen LogP contribution in [0.1, 0.15) is 24.6 Å². The maximum absolute atomic E-state index is 11.9. The first-order valence-corrected chi connectivity index (χ1v) is 7.95. The van der Waals surface area contributed by atoms with E-state index in [0.717, 1.165) is 34.1 Å². The van der Waals surface area contributed by atoms with Gasteiger partial charge in [-0.05, 0) is 47.6 Å². The lowest BCUT2D eigenvalue weighted by Gasteiger charge is -2.07. The lowest BCUT2D eigenvalue weighted by atomic mass is 10.1. The van der Waals surface area contributed by atoms with E-state index in [1.807, 2.05) is 25.1 Å². The molecule has 2 aromatic rings. The molecule has 0 spiro atoms. The van der Waals surface area contributed by atoms with Crippen molar-refractivity contribution >= 4 is 38.5 Å². The van der Waals surface area contributed by atoms with Crippen molar-refractivity contribution in [3.8, 4) is 11.4 Å². The maximum Gasteiger partial charge on any atom is 0.264 e. The Bertz CT molecular complexity index is 667. The molecule has 3 nitrogen and oxygen atoms in total. The van der Waals surface area contributed by atoms with Gasteiger partial charge in [0.2, 0.25) is 0 Å². The van der Waals surface area contributed by atoms with Crippen molar-refractivity contribution in [2.24, 2.45) is 0 Å². The lowest BCUT2D eigenvalue weighted by Crippen LogP contribution is -2.16. The van der Waals surface area contributed by atoms with Crippen molar-refractivity contribution in [2.45, 2.75) is 26.7 Å². The van der Waals surface area contributed by atoms with Crippen LogP contribution in [0.3, 0.4) is 0 Å². The van der Waals surface area contributed by atoms with Gasteiger partial charge in [-0.25, -0.2) is 4.98 Å². The molecule has 19 heavy (non-hydrogen) atoms. The highest BCUT2D eigenvalue weighted by Gasteiger charge is 2.10. The molecule has 0 aliphatic heterocycles. The van der Waals surface area contributed by atoms with Crippen LogP contribution < -0.4 is 5.56 Å². The minimum Gasteiger partial charge on any atom is -0.306 e. The van der Waals surface area contributed by atoms with Gasteiger partial charge in [0.1, 0.15) is 5.82 Å². The smallest absolute Gasteiger partial charge is 0.264 e. The first-order chi connectivity index (χ1) is 9.02. The number of rotatable bonds is 3. The van der Waals surface area contributed by atoms with Crippen molar-refractivity contribution in [3.05, 3.63) is 47.9 Å². The fraction of sp³-hybridized carbons (Fsp3) is 0.286. The van der Waals surface area contributed by atoms with E-state index in [9.17, 15) is 4.79 Å². The summed E-state index contributed by atoms with van der Waals surface area (Å²) < 4.78 is 1.71. The van der Waals surface area contributed by atoms with Crippen LogP contribution in [-0.4, -0.2) is 9.97 Å². The van der Waals surface area contributed by atoms with Gasteiger partial charge in [0.15, 0.2) is 0 Å². The van der Waals surface area contributed by atoms with E-state index >= 15 is 0 Å². The van der Waals surface area contributed by atoms with Crippen molar-refractivity contribution < 1.29 is 0 Å². The van der Waals surface area contributed by atoms with Gasteiger partial charge in [0.05, 0.1) is 9.26 Å². The summed E-state index contributed by atoms with van der Waals surface area (Å²) in [7, 11) is 0. The molecule has 5 heteroatoms. The second-order valence-corrected chi connectivity index (χ2v) is 6.32. The molecule has 0 saturated heterocycles. The van der Waals surface area contributed by atoms with Crippen LogP contribution in [0.25, 0.3) is 11.4 Å². The van der Waals surface area contributed by atoms with Gasteiger partial charge >= 0.3 is 0 Å². The average Bonchev–Trinajstić information content (AvgIpc) is 2.38. The van der Waals surface area contributed by atoms with Crippen LogP contribution in [0.15, 0.2) is 27.5 Å². The molecular formula is C14H14BrIN2O. The number of halogens is 2. The molecule has 0 saturated carbocycles. The lowest BCUT2D eigenvalue weighted by molar-refractivity contribution is 0.860. The van der Waals surface area contributed by atoms with Crippen LogP contribution in [0.2, 0.25) is 0 Å². The van der Waals surface area contributed by atoms with Crippen molar-refractivity contribution in [3.63, 3.8) is 0 Å². The molecule has 0 aliphatic rings. The Labute approximate surface area is 134 Å². The number of aryl methyl sites for hydroxylation is 2. The molecule has 0 amide bonds. The third kappa shape index (κ3) is 3.25. The highest BCUT2D eigenvalue weighted by molar-refractivity contribution is 14.1. The zero-order chi connectivity index (χ0) is 14.0. The normalized spacial score (nSPS) is 10.7. The first-order valence-electron chi connectivity index (χ1n) is 6.08. The minimum absolute atomic E-state index is 0.0641. The Balaban J connectivity index is 2.56. The fourth-order valence-corrected chi connectivity index (χ4v) is 2.69. The summed E-state index contributed by atoms with van der Waals surface area (Å²) in [6, 6.07) is 5.97. The van der Waals surface area contributed by atoms with E-state index in [1.54, 1.807) is 0 Å². The van der Waals surface area contributed by atoms with Crippen molar-refractivity contribution in [1.29, 1.82) is 0 Å². The van der Waals surface area contributed by atoms with Crippen molar-refractivity contribution in [1.82, 2.24) is 9.97 Å². The second kappa shape index (κ2) is 6.17. The summed E-state index contributed by atoms with van der Waals surface area (Å²) in [5, 5.41) is 0. The van der Waals surface area contributed by atoms with E-state index < -0.39 is 0 Å². The largest absolute Gasteiger partial charge is 0.306 e. The molecule has 2 rings (SSSR count). The van der Waals surface area contributed by atoms with Crippen LogP contribution in [0, 0.1) is 10.5 Å². The molecule has 1 aromatic heterocycles. The van der Waals surface area contributed by atoms with Gasteiger partial charge in [-0.2, -0.15) is 0 Å². The molecule has 1 N–H and O–H groups in total. The highest BCUT2D eigenvalue weighted by Crippen LogP contribution is 2.23. The van der Waals surface area contributed by atoms with E-state index in [-0.39, 0.29) is 5.56 Å². The third-order valence-electron chi connectivity index (χ3n) is 2.86. The summed E-state index contributed by atoms with van der Waals surface area (Å²) in [5.41, 5.74) is 2.89. The fourth-order valence-electron chi connectivity index (χ4n) is 1.78. The highest BCUT2D eigenvalue weighted by atomic mass is 127. The molecule has 0 radical (unpaired) electrons. The maximum atomic E-state index is 11.9. The number of hydrogen-bond donors (Lipinski definition) is 1. The summed E-state index contributed by atoms with van der Waals surface area (Å²) in [6.07, 6.45) is 1.80. The number of nitrogens with zero attached hydrogens (tertiary/aromatic N) is 1. The van der Waals surface area contributed by atoms with E-state index in [2.05, 4.69) is 55.4 Å². The molecule has 1 aromatic carbocycles. The predicted octanol–water partition coefficient (Wildman–Crippen LogP) is 4.06. The predicted molar refractivity (Wildman–Crippen MR) is 89.4 cm³/mol. The third-order valence-corrected chi connectivity index (χ3v) is 4.83. The quantitative estimate of drug-likeness (QED) is 0.743. The topological polar surface area (TPSA) is 45.8 Å². The molecule has 100 valence electrons. The standard InChI is InChI=1S/C14H14BrIN2O/c1-3-4-11-12(16)14(19)18-13(17-11)9-6-5-8(2)10(15)7-9/h5-7H,3-4H2,1-2H3,(H,17,18,19). The van der Waals surface area contributed by atoms with Gasteiger partial charge in [0.25, 0.3) is 5.56 Å². The SMILES string of the molecule is CCCc1nc(-c2ccc(C)c(Br)c2)[nH]c(=O)c1I. The number of H-pyrrole nitrogens is 1. The van der Waals surface area contributed by atoms with Gasteiger partial charge in [-0.3, -0.25) is 4.79 Å². The van der Waals surface area contributed by atoms with Gasteiger partial charge < -0.3 is 4.98 Å². The number of aromatic amines is 1. The molecule has 1 heterocycles. The van der Waals surface area contributed by atoms with E-state index in [4.69, 9.17) is 0 Å². The molecule has 0 bridgehead atoms. The number of hydrogen-bond acceptors (Lipinski definition) is 2. The van der Waals surface area contributed by atoms with Crippen LogP contribution in [0.4, 0.5) is 0 Å². The zero-order valence-electron chi connectivity index (χ0n) is 10.8. The molecule has 0 unspecified atom stereocenters. The second-order valence-electron chi connectivity index (χ2n) is 4.39. The number of aromatic nitrogens is 2. The van der Waals surface area contributed by atoms with Gasteiger partial charge in [0, 0.05) is 10.0 Å². The summed E-state index contributed by atoms with van der Waals surface area (Å²) in [5.74, 6) is 0.634. The minimum atomic E-state index is -0.0641. The van der Waals surface area contributed by atoms with Crippen LogP contribution in [0.5, 0.6) is 0 Å². The molecule has 0 fully saturated rings. The van der Waals surface area contributed by atoms with Crippen molar-refractivity contribution in [2.75, 3.05) is 0 Å². The van der Waals surface area contributed by atoms with Crippen LogP contribution in [-0.2, 0) is 6.42 Å². The number of nitrogens with one attached hydrogen (secondary N) is 1. The number of benzene rings is 1. The monoisotopic (exact) mass is 432 g/mol. The Morgan fingerprint density at radius 1 is 1.42 bits per heavy atom. The Hall–Kier alpha value is -0.690. The Morgan fingerprint density at radius 3 is 2.79 bits per heavy atom. The summed E-state index contributed by atoms with van der Waals surface area (Å²) in [4.78, 5) is 19.4. The van der Waals surface area contributed by atoms with E-state index in [1.165, 1.54) is 0 Å². The van der Waals surface area contributed by atoms with Gasteiger partial charge in [-0.15, -0.1) is 0 Å².